The van der Waals surface area contributed by atoms with Crippen LogP contribution in [0.15, 0.2) is 46.6 Å². The number of aromatic nitrogens is 2. The number of hydrogen-bond donors (Lipinski definition) is 0. The van der Waals surface area contributed by atoms with Crippen LogP contribution in [-0.4, -0.2) is 21.4 Å². The molecule has 2 aromatic carbocycles. The zero-order chi connectivity index (χ0) is 37.0. The molecular weight excluding hydrogens is 585 g/mol. The molecule has 0 aliphatic carbocycles. The van der Waals surface area contributed by atoms with Gasteiger partial charge >= 0.3 is 0 Å². The fraction of sp³-hybridized carbons (Fsp3) is 0.591. The normalized spacial score (nSPS) is 14.5. The maximum Gasteiger partial charge on any atom is 0.103 e. The van der Waals surface area contributed by atoms with Crippen molar-refractivity contribution < 1.29 is 0 Å². The van der Waals surface area contributed by atoms with Crippen molar-refractivity contribution in [3.05, 3.63) is 81.4 Å². The first-order chi connectivity index (χ1) is 21.4. The summed E-state index contributed by atoms with van der Waals surface area (Å²) in [6.07, 6.45) is 3.65. The summed E-state index contributed by atoms with van der Waals surface area (Å²) in [6, 6.07) is 9.46. The highest BCUT2D eigenvalue weighted by atomic mass is 14.9. The summed E-state index contributed by atoms with van der Waals surface area (Å²) < 4.78 is 0. The van der Waals surface area contributed by atoms with Crippen LogP contribution in [0.2, 0.25) is 0 Å². The minimum atomic E-state index is -0.0881. The third-order valence-electron chi connectivity index (χ3n) is 9.12. The molecule has 0 radical (unpaired) electrons. The molecule has 0 N–H and O–H groups in total. The van der Waals surface area contributed by atoms with Crippen LogP contribution in [0, 0.1) is 0 Å². The average Bonchev–Trinajstić information content (AvgIpc) is 2.89. The van der Waals surface area contributed by atoms with Gasteiger partial charge in [0, 0.05) is 0 Å². The van der Waals surface area contributed by atoms with Gasteiger partial charge in [-0.3, -0.25) is 15.0 Å². The lowest BCUT2D eigenvalue weighted by atomic mass is 9.74. The lowest BCUT2D eigenvalue weighted by molar-refractivity contribution is 0.549. The third kappa shape index (κ3) is 9.10. The fourth-order valence-electron chi connectivity index (χ4n) is 5.83. The van der Waals surface area contributed by atoms with Gasteiger partial charge in [0.1, 0.15) is 11.4 Å². The van der Waals surface area contributed by atoms with Crippen LogP contribution in [0.4, 0.5) is 11.4 Å². The SMILES string of the molecule is CC(=Nc1c(C(C)(C)C)cc(C(C)(C)C)cc1C(C)(C)C)c1cncc(C(C)=Nc2c(C(C)(C)C)cc(C(C)(C)C)cc2C(C)(C)C)n1. The van der Waals surface area contributed by atoms with Gasteiger partial charge in [0.15, 0.2) is 0 Å². The first-order valence-corrected chi connectivity index (χ1v) is 17.7. The number of benzene rings is 2. The minimum Gasteiger partial charge on any atom is -0.260 e. The van der Waals surface area contributed by atoms with Crippen LogP contribution in [0.25, 0.3) is 0 Å². The van der Waals surface area contributed by atoms with Crippen molar-refractivity contribution in [2.75, 3.05) is 0 Å². The van der Waals surface area contributed by atoms with Crippen molar-refractivity contribution in [1.29, 1.82) is 0 Å². The zero-order valence-electron chi connectivity index (χ0n) is 34.3. The predicted molar refractivity (Wildman–Crippen MR) is 211 cm³/mol. The van der Waals surface area contributed by atoms with Crippen molar-refractivity contribution in [1.82, 2.24) is 9.97 Å². The Hall–Kier alpha value is -3.14. The minimum absolute atomic E-state index is 0.0285. The van der Waals surface area contributed by atoms with E-state index < -0.39 is 0 Å². The largest absolute Gasteiger partial charge is 0.260 e. The number of hydrogen-bond acceptors (Lipinski definition) is 4. The van der Waals surface area contributed by atoms with Gasteiger partial charge in [0.25, 0.3) is 0 Å². The van der Waals surface area contributed by atoms with Gasteiger partial charge in [-0.15, -0.1) is 0 Å². The van der Waals surface area contributed by atoms with E-state index in [0.29, 0.717) is 0 Å². The van der Waals surface area contributed by atoms with Gasteiger partial charge in [0.2, 0.25) is 0 Å². The Morgan fingerprint density at radius 2 is 0.667 bits per heavy atom. The lowest BCUT2D eigenvalue weighted by Crippen LogP contribution is -2.21. The van der Waals surface area contributed by atoms with Crippen LogP contribution < -0.4 is 0 Å². The van der Waals surface area contributed by atoms with E-state index in [2.05, 4.69) is 168 Å². The van der Waals surface area contributed by atoms with E-state index in [1.54, 1.807) is 0 Å². The molecule has 0 aliphatic heterocycles. The summed E-state index contributed by atoms with van der Waals surface area (Å²) in [5, 5.41) is 0. The molecule has 3 aromatic rings. The Labute approximate surface area is 294 Å². The molecule has 0 amide bonds. The van der Waals surface area contributed by atoms with E-state index in [1.165, 1.54) is 33.4 Å². The maximum absolute atomic E-state index is 5.37. The quantitative estimate of drug-likeness (QED) is 0.264. The molecule has 1 aromatic heterocycles. The first kappa shape index (κ1) is 39.3. The number of nitrogens with zero attached hydrogens (tertiary/aromatic N) is 4. The van der Waals surface area contributed by atoms with Crippen molar-refractivity contribution in [3.8, 4) is 0 Å². The molecular formula is C44H66N4. The molecule has 3 rings (SSSR count). The summed E-state index contributed by atoms with van der Waals surface area (Å²) in [4.78, 5) is 20.5. The van der Waals surface area contributed by atoms with E-state index in [9.17, 15) is 0 Å². The van der Waals surface area contributed by atoms with Crippen molar-refractivity contribution in [2.45, 2.75) is 171 Å². The smallest absolute Gasteiger partial charge is 0.103 e. The monoisotopic (exact) mass is 651 g/mol. The van der Waals surface area contributed by atoms with Crippen LogP contribution >= 0.6 is 0 Å². The molecule has 0 saturated carbocycles. The Morgan fingerprint density at radius 1 is 0.417 bits per heavy atom. The zero-order valence-corrected chi connectivity index (χ0v) is 34.3. The standard InChI is InChI=1S/C44H66N4/c1-27(46-37-31(41(9,10)11)21-29(39(3,4)5)22-32(37)42(12,13)14)35-25-45-26-36(48-35)28(2)47-38-33(43(15,16)17)23-30(40(6,7)8)24-34(38)44(18,19)20/h21-26H,1-20H3. The van der Waals surface area contributed by atoms with Crippen LogP contribution in [-0.2, 0) is 32.5 Å². The Balaban J connectivity index is 2.29. The van der Waals surface area contributed by atoms with Gasteiger partial charge in [-0.1, -0.05) is 149 Å². The molecule has 0 saturated heterocycles. The molecule has 0 bridgehead atoms. The molecule has 4 heteroatoms. The predicted octanol–water partition coefficient (Wildman–Crippen LogP) is 12.5. The van der Waals surface area contributed by atoms with E-state index in [0.717, 1.165) is 34.2 Å². The van der Waals surface area contributed by atoms with E-state index in [1.807, 2.05) is 12.4 Å². The Kier molecular flexibility index (Phi) is 10.6. The van der Waals surface area contributed by atoms with E-state index in [4.69, 9.17) is 15.0 Å². The molecule has 262 valence electrons. The molecule has 4 nitrogen and oxygen atoms in total. The second-order valence-electron chi connectivity index (χ2n) is 20.0. The first-order valence-electron chi connectivity index (χ1n) is 17.7. The van der Waals surface area contributed by atoms with Gasteiger partial charge in [-0.2, -0.15) is 0 Å². The highest BCUT2D eigenvalue weighted by Crippen LogP contribution is 2.45. The fourth-order valence-corrected chi connectivity index (χ4v) is 5.83. The lowest BCUT2D eigenvalue weighted by Gasteiger charge is -2.32. The van der Waals surface area contributed by atoms with Gasteiger partial charge < -0.3 is 0 Å². The summed E-state index contributed by atoms with van der Waals surface area (Å²) in [6.45, 7) is 45.2. The molecule has 0 fully saturated rings. The van der Waals surface area contributed by atoms with Crippen LogP contribution in [0.1, 0.15) is 183 Å². The number of aliphatic imine (C=N–C) groups is 2. The highest BCUT2D eigenvalue weighted by molar-refractivity contribution is 6.02. The second kappa shape index (κ2) is 13.0. The topological polar surface area (TPSA) is 50.5 Å². The van der Waals surface area contributed by atoms with Crippen molar-refractivity contribution >= 4 is 22.8 Å². The molecule has 0 unspecified atom stereocenters. The van der Waals surface area contributed by atoms with Crippen LogP contribution in [0.3, 0.4) is 0 Å². The second-order valence-corrected chi connectivity index (χ2v) is 20.0. The summed E-state index contributed by atoms with van der Waals surface area (Å²) in [5.74, 6) is 0. The van der Waals surface area contributed by atoms with Gasteiger partial charge in [-0.25, -0.2) is 4.98 Å². The Bertz CT molecular complexity index is 1510. The molecule has 48 heavy (non-hydrogen) atoms. The van der Waals surface area contributed by atoms with Gasteiger partial charge in [-0.05, 0) is 79.7 Å². The summed E-state index contributed by atoms with van der Waals surface area (Å²) >= 11 is 0. The molecule has 0 aliphatic rings. The van der Waals surface area contributed by atoms with Crippen LogP contribution in [0.5, 0.6) is 0 Å². The number of rotatable bonds is 4. The van der Waals surface area contributed by atoms with Gasteiger partial charge in [0.05, 0.1) is 35.2 Å². The molecule has 0 spiro atoms. The summed E-state index contributed by atoms with van der Waals surface area (Å²) in [7, 11) is 0. The van der Waals surface area contributed by atoms with Crippen molar-refractivity contribution in [3.63, 3.8) is 0 Å². The summed E-state index contributed by atoms with van der Waals surface area (Å²) in [5.41, 5.74) is 12.7. The van der Waals surface area contributed by atoms with E-state index >= 15 is 0 Å². The maximum atomic E-state index is 5.37. The average molecular weight is 651 g/mol. The molecule has 0 atom stereocenters. The Morgan fingerprint density at radius 3 is 0.875 bits per heavy atom. The van der Waals surface area contributed by atoms with Crippen molar-refractivity contribution in [2.24, 2.45) is 9.98 Å². The highest BCUT2D eigenvalue weighted by Gasteiger charge is 2.31. The van der Waals surface area contributed by atoms with E-state index in [-0.39, 0.29) is 32.5 Å². The third-order valence-corrected chi connectivity index (χ3v) is 9.12. The molecule has 1 heterocycles.